The van der Waals surface area contributed by atoms with E-state index in [4.69, 9.17) is 11.5 Å². The van der Waals surface area contributed by atoms with Crippen LogP contribution >= 0.6 is 11.3 Å². The zero-order chi connectivity index (χ0) is 13.0. The van der Waals surface area contributed by atoms with Crippen LogP contribution in [-0.2, 0) is 6.42 Å². The highest BCUT2D eigenvalue weighted by atomic mass is 32.1. The average molecular weight is 261 g/mol. The highest BCUT2D eigenvalue weighted by molar-refractivity contribution is 7.07. The molecule has 2 aromatic rings. The molecular weight excluding hydrogens is 246 g/mol. The fraction of sp³-hybridized carbons (Fsp3) is 0.154. The predicted molar refractivity (Wildman–Crippen MR) is 75.9 cm³/mol. The summed E-state index contributed by atoms with van der Waals surface area (Å²) in [5, 5.41) is 7.43. The van der Waals surface area contributed by atoms with Crippen LogP contribution in [0.1, 0.15) is 15.9 Å². The van der Waals surface area contributed by atoms with Crippen LogP contribution in [0.4, 0.5) is 11.4 Å². The fourth-order valence-electron chi connectivity index (χ4n) is 1.67. The first-order valence-electron chi connectivity index (χ1n) is 5.61. The minimum Gasteiger partial charge on any atom is -0.398 e. The lowest BCUT2D eigenvalue weighted by Crippen LogP contribution is -2.14. The number of thiophene rings is 1. The molecule has 0 unspecified atom stereocenters. The molecule has 1 heterocycles. The molecule has 0 saturated carbocycles. The Kier molecular flexibility index (Phi) is 3.84. The number of amides is 1. The van der Waals surface area contributed by atoms with Crippen LogP contribution < -0.4 is 16.8 Å². The number of carbonyl (C=O) groups excluding carboxylic acids is 1. The molecule has 0 bridgehead atoms. The predicted octanol–water partition coefficient (Wildman–Crippen LogP) is 2.08. The van der Waals surface area contributed by atoms with Gasteiger partial charge >= 0.3 is 0 Å². The maximum atomic E-state index is 11.2. The van der Waals surface area contributed by atoms with Gasteiger partial charge in [-0.1, -0.05) is 0 Å². The second-order valence-corrected chi connectivity index (χ2v) is 4.75. The molecule has 0 saturated heterocycles. The monoisotopic (exact) mass is 261 g/mol. The van der Waals surface area contributed by atoms with Gasteiger partial charge in [-0.25, -0.2) is 0 Å². The first-order chi connectivity index (χ1) is 8.66. The van der Waals surface area contributed by atoms with Crippen molar-refractivity contribution in [2.75, 3.05) is 17.6 Å². The molecular formula is C13H15N3OS. The molecule has 1 aromatic carbocycles. The molecule has 18 heavy (non-hydrogen) atoms. The Labute approximate surface area is 110 Å². The molecule has 5 N–H and O–H groups in total. The maximum Gasteiger partial charge on any atom is 0.250 e. The fourth-order valence-corrected chi connectivity index (χ4v) is 2.37. The molecule has 2 rings (SSSR count). The van der Waals surface area contributed by atoms with Crippen LogP contribution in [-0.4, -0.2) is 12.5 Å². The van der Waals surface area contributed by atoms with Gasteiger partial charge in [-0.2, -0.15) is 11.3 Å². The van der Waals surface area contributed by atoms with Gasteiger partial charge in [-0.15, -0.1) is 0 Å². The summed E-state index contributed by atoms with van der Waals surface area (Å²) in [5.41, 5.74) is 13.8. The molecule has 0 radical (unpaired) electrons. The van der Waals surface area contributed by atoms with Gasteiger partial charge in [0.1, 0.15) is 0 Å². The van der Waals surface area contributed by atoms with Crippen molar-refractivity contribution in [2.45, 2.75) is 6.42 Å². The van der Waals surface area contributed by atoms with E-state index >= 15 is 0 Å². The summed E-state index contributed by atoms with van der Waals surface area (Å²) in [6.07, 6.45) is 0.944. The summed E-state index contributed by atoms with van der Waals surface area (Å²) in [6.45, 7) is 0.804. The van der Waals surface area contributed by atoms with Crippen molar-refractivity contribution in [1.29, 1.82) is 0 Å². The number of hydrogen-bond donors (Lipinski definition) is 3. The summed E-state index contributed by atoms with van der Waals surface area (Å²) < 4.78 is 0. The van der Waals surface area contributed by atoms with Crippen molar-refractivity contribution < 1.29 is 4.79 Å². The SMILES string of the molecule is NC(=O)c1cc(NCCc2ccsc2)ccc1N. The van der Waals surface area contributed by atoms with Gasteiger partial charge in [0.25, 0.3) is 5.91 Å². The summed E-state index contributed by atoms with van der Waals surface area (Å²) >= 11 is 1.69. The van der Waals surface area contributed by atoms with Gasteiger partial charge in [-0.05, 0) is 47.0 Å². The Morgan fingerprint density at radius 2 is 2.17 bits per heavy atom. The molecule has 94 valence electrons. The van der Waals surface area contributed by atoms with E-state index in [9.17, 15) is 4.79 Å². The number of primary amides is 1. The van der Waals surface area contributed by atoms with Crippen LogP contribution in [0, 0.1) is 0 Å². The Morgan fingerprint density at radius 1 is 1.33 bits per heavy atom. The van der Waals surface area contributed by atoms with Crippen molar-refractivity contribution in [1.82, 2.24) is 0 Å². The van der Waals surface area contributed by atoms with E-state index in [1.165, 1.54) is 5.56 Å². The summed E-state index contributed by atoms with van der Waals surface area (Å²) in [5.74, 6) is -0.506. The number of carbonyl (C=O) groups is 1. The van der Waals surface area contributed by atoms with E-state index in [1.807, 2.05) is 6.07 Å². The van der Waals surface area contributed by atoms with Crippen molar-refractivity contribution in [2.24, 2.45) is 5.73 Å². The second-order valence-electron chi connectivity index (χ2n) is 3.97. The molecule has 1 amide bonds. The third-order valence-corrected chi connectivity index (χ3v) is 3.37. The van der Waals surface area contributed by atoms with Crippen molar-refractivity contribution >= 4 is 28.6 Å². The van der Waals surface area contributed by atoms with E-state index in [1.54, 1.807) is 23.5 Å². The number of nitrogen functional groups attached to an aromatic ring is 1. The van der Waals surface area contributed by atoms with Gasteiger partial charge in [-0.3, -0.25) is 4.79 Å². The normalized spacial score (nSPS) is 10.2. The Hall–Kier alpha value is -2.01. The third-order valence-electron chi connectivity index (χ3n) is 2.64. The maximum absolute atomic E-state index is 11.2. The van der Waals surface area contributed by atoms with E-state index in [2.05, 4.69) is 22.1 Å². The summed E-state index contributed by atoms with van der Waals surface area (Å²) in [4.78, 5) is 11.2. The van der Waals surface area contributed by atoms with Crippen molar-refractivity contribution in [3.8, 4) is 0 Å². The zero-order valence-corrected chi connectivity index (χ0v) is 10.7. The minimum atomic E-state index is -0.506. The molecule has 0 aliphatic carbocycles. The van der Waals surface area contributed by atoms with Crippen LogP contribution in [0.15, 0.2) is 35.0 Å². The first-order valence-corrected chi connectivity index (χ1v) is 6.55. The largest absolute Gasteiger partial charge is 0.398 e. The van der Waals surface area contributed by atoms with E-state index < -0.39 is 5.91 Å². The van der Waals surface area contributed by atoms with Gasteiger partial charge in [0, 0.05) is 17.9 Å². The van der Waals surface area contributed by atoms with Crippen LogP contribution in [0.5, 0.6) is 0 Å². The van der Waals surface area contributed by atoms with Gasteiger partial charge in [0.05, 0.1) is 5.56 Å². The quantitative estimate of drug-likeness (QED) is 0.721. The second kappa shape index (κ2) is 5.55. The lowest BCUT2D eigenvalue weighted by molar-refractivity contribution is 0.100. The summed E-state index contributed by atoms with van der Waals surface area (Å²) in [7, 11) is 0. The molecule has 0 spiro atoms. The number of benzene rings is 1. The topological polar surface area (TPSA) is 81.1 Å². The van der Waals surface area contributed by atoms with Crippen LogP contribution in [0.25, 0.3) is 0 Å². The molecule has 4 nitrogen and oxygen atoms in total. The minimum absolute atomic E-state index is 0.357. The Balaban J connectivity index is 1.97. The zero-order valence-electron chi connectivity index (χ0n) is 9.85. The molecule has 0 atom stereocenters. The van der Waals surface area contributed by atoms with Gasteiger partial charge in [0.15, 0.2) is 0 Å². The third kappa shape index (κ3) is 3.01. The lowest BCUT2D eigenvalue weighted by atomic mass is 10.1. The van der Waals surface area contributed by atoms with E-state index in [0.29, 0.717) is 11.3 Å². The number of anilines is 2. The molecule has 0 fully saturated rings. The number of nitrogens with two attached hydrogens (primary N) is 2. The highest BCUT2D eigenvalue weighted by Gasteiger charge is 2.06. The average Bonchev–Trinajstić information content (AvgIpc) is 2.84. The van der Waals surface area contributed by atoms with E-state index in [0.717, 1.165) is 18.7 Å². The standard InChI is InChI=1S/C13H15N3OS/c14-12-2-1-10(7-11(12)13(15)17)16-5-3-9-4-6-18-8-9/h1-2,4,6-8,16H,3,5,14H2,(H2,15,17). The Morgan fingerprint density at radius 3 is 2.83 bits per heavy atom. The van der Waals surface area contributed by atoms with Gasteiger partial charge in [0.2, 0.25) is 0 Å². The molecule has 1 aromatic heterocycles. The van der Waals surface area contributed by atoms with Crippen molar-refractivity contribution in [3.63, 3.8) is 0 Å². The number of rotatable bonds is 5. The van der Waals surface area contributed by atoms with Crippen molar-refractivity contribution in [3.05, 3.63) is 46.2 Å². The lowest BCUT2D eigenvalue weighted by Gasteiger charge is -2.08. The highest BCUT2D eigenvalue weighted by Crippen LogP contribution is 2.17. The number of nitrogens with one attached hydrogen (secondary N) is 1. The molecule has 5 heteroatoms. The Bertz CT molecular complexity index is 537. The number of hydrogen-bond acceptors (Lipinski definition) is 4. The van der Waals surface area contributed by atoms with Crippen LogP contribution in [0.3, 0.4) is 0 Å². The van der Waals surface area contributed by atoms with E-state index in [-0.39, 0.29) is 0 Å². The first kappa shape index (κ1) is 12.4. The smallest absolute Gasteiger partial charge is 0.250 e. The van der Waals surface area contributed by atoms with Gasteiger partial charge < -0.3 is 16.8 Å². The molecule has 0 aliphatic rings. The van der Waals surface area contributed by atoms with Crippen LogP contribution in [0.2, 0.25) is 0 Å². The molecule has 0 aliphatic heterocycles. The summed E-state index contributed by atoms with van der Waals surface area (Å²) in [6, 6.07) is 7.32.